The number of amides is 2. The summed E-state index contributed by atoms with van der Waals surface area (Å²) in [4.78, 5) is 38.1. The Morgan fingerprint density at radius 2 is 1.79 bits per heavy atom. The molecule has 2 amide bonds. The van der Waals surface area contributed by atoms with Crippen LogP contribution in [0.1, 0.15) is 69.7 Å². The fourth-order valence-electron chi connectivity index (χ4n) is 4.94. The van der Waals surface area contributed by atoms with E-state index in [0.717, 1.165) is 24.4 Å². The van der Waals surface area contributed by atoms with E-state index in [0.29, 0.717) is 0 Å². The molecule has 3 atom stereocenters. The predicted molar refractivity (Wildman–Crippen MR) is 148 cm³/mol. The number of aryl methyl sites for hydroxylation is 1. The van der Waals surface area contributed by atoms with Gasteiger partial charge in [0.05, 0.1) is 21.2 Å². The van der Waals surface area contributed by atoms with Gasteiger partial charge in [0.25, 0.3) is 11.8 Å². The van der Waals surface area contributed by atoms with Gasteiger partial charge in [-0.25, -0.2) is 40.9 Å². The minimum Gasteiger partial charge on any atom is -0.444 e. The van der Waals surface area contributed by atoms with Crippen LogP contribution in [0.4, 0.5) is 28.2 Å². The molecule has 10 nitrogen and oxygen atoms in total. The number of fused-ring (bicyclic) bond motifs is 1. The Morgan fingerprint density at radius 1 is 1.12 bits per heavy atom. The molecule has 0 fully saturated rings. The number of nitrogens with one attached hydrogen (secondary N) is 2. The molecule has 2 aliphatic rings. The standard InChI is InChI=1S/C27H32F4N6O4S/c1-14-10-15(28)12-32-19(14)21(38)35-18-9-8-16(29)20(34-18)26(7)17-11-27(30,31)13-33-42(17,40)25(5,6)22(37-26)36-23(39)41-24(2,3)4/h8-10,12,17H,11,13H2,1-7H3,(H,34,35,38)(H,36,37,39)/t17-,26+,42-/m1/s1. The fourth-order valence-corrected chi connectivity index (χ4v) is 8.16. The first-order valence-corrected chi connectivity index (χ1v) is 14.6. The molecule has 0 radical (unpaired) electrons. The molecular formula is C27H32F4N6O4S. The van der Waals surface area contributed by atoms with E-state index in [1.54, 1.807) is 20.8 Å². The molecule has 15 heteroatoms. The smallest absolute Gasteiger partial charge is 0.413 e. The summed E-state index contributed by atoms with van der Waals surface area (Å²) in [6, 6.07) is 3.18. The number of rotatable bonds is 3. The lowest BCUT2D eigenvalue weighted by molar-refractivity contribution is -0.00694. The first kappa shape index (κ1) is 31.3. The van der Waals surface area contributed by atoms with Crippen LogP contribution in [0.3, 0.4) is 0 Å². The maximum Gasteiger partial charge on any atom is 0.413 e. The topological polar surface area (TPSA) is 135 Å². The molecule has 2 aromatic rings. The van der Waals surface area contributed by atoms with Gasteiger partial charge in [0.15, 0.2) is 0 Å². The number of pyridine rings is 2. The Labute approximate surface area is 240 Å². The third-order valence-corrected chi connectivity index (χ3v) is 10.6. The summed E-state index contributed by atoms with van der Waals surface area (Å²) in [5.74, 6) is -6.20. The summed E-state index contributed by atoms with van der Waals surface area (Å²) < 4.78 is 80.9. The molecule has 4 rings (SSSR count). The Kier molecular flexibility index (Phi) is 7.66. The van der Waals surface area contributed by atoms with Crippen LogP contribution < -0.4 is 10.6 Å². The Bertz CT molecular complexity index is 1610. The number of ether oxygens (including phenoxy) is 1. The number of amidine groups is 1. The highest BCUT2D eigenvalue weighted by Gasteiger charge is 2.61. The van der Waals surface area contributed by atoms with E-state index >= 15 is 4.39 Å². The van der Waals surface area contributed by atoms with Crippen molar-refractivity contribution in [3.8, 4) is 0 Å². The molecule has 42 heavy (non-hydrogen) atoms. The van der Waals surface area contributed by atoms with Crippen LogP contribution in [0.25, 0.3) is 0 Å². The maximum absolute atomic E-state index is 15.5. The molecule has 0 saturated heterocycles. The van der Waals surface area contributed by atoms with Crippen molar-refractivity contribution in [2.24, 2.45) is 9.36 Å². The lowest BCUT2D eigenvalue weighted by Crippen LogP contribution is -2.64. The van der Waals surface area contributed by atoms with Gasteiger partial charge in [0.2, 0.25) is 0 Å². The zero-order valence-electron chi connectivity index (χ0n) is 24.1. The van der Waals surface area contributed by atoms with Crippen molar-refractivity contribution in [1.29, 1.82) is 0 Å². The number of carbonyl (C=O) groups excluding carboxylic acids is 2. The van der Waals surface area contributed by atoms with Gasteiger partial charge in [-0.1, -0.05) is 0 Å². The van der Waals surface area contributed by atoms with Crippen LogP contribution in [0.15, 0.2) is 33.8 Å². The minimum atomic E-state index is -3.68. The van der Waals surface area contributed by atoms with Crippen LogP contribution in [0.2, 0.25) is 0 Å². The van der Waals surface area contributed by atoms with Crippen molar-refractivity contribution in [2.75, 3.05) is 11.9 Å². The molecule has 0 bridgehead atoms. The normalized spacial score (nSPS) is 26.3. The van der Waals surface area contributed by atoms with Crippen molar-refractivity contribution in [3.63, 3.8) is 0 Å². The first-order valence-electron chi connectivity index (χ1n) is 13.0. The van der Waals surface area contributed by atoms with Crippen molar-refractivity contribution in [1.82, 2.24) is 15.3 Å². The molecule has 2 N–H and O–H groups in total. The largest absolute Gasteiger partial charge is 0.444 e. The zero-order chi connectivity index (χ0) is 31.5. The molecule has 0 aliphatic carbocycles. The van der Waals surface area contributed by atoms with Crippen LogP contribution in [-0.2, 0) is 20.0 Å². The number of alkyl carbamates (subject to hydrolysis) is 1. The Balaban J connectivity index is 1.86. The van der Waals surface area contributed by atoms with E-state index in [-0.39, 0.29) is 22.9 Å². The number of carbonyl (C=O) groups is 2. The summed E-state index contributed by atoms with van der Waals surface area (Å²) in [5.41, 5.74) is -3.35. The summed E-state index contributed by atoms with van der Waals surface area (Å²) in [6.45, 7) is 9.49. The molecule has 0 unspecified atom stereocenters. The number of halogens is 4. The van der Waals surface area contributed by atoms with Gasteiger partial charge in [-0.2, -0.15) is 0 Å². The van der Waals surface area contributed by atoms with Crippen LogP contribution in [0, 0.1) is 18.6 Å². The molecule has 2 aliphatic heterocycles. The fraction of sp³-hybridized carbons (Fsp3) is 0.519. The number of hydrogen-bond acceptors (Lipinski definition) is 8. The third-order valence-electron chi connectivity index (χ3n) is 7.08. The molecule has 2 aromatic heterocycles. The number of alkyl halides is 2. The van der Waals surface area contributed by atoms with Gasteiger partial charge in [0.1, 0.15) is 57.1 Å². The summed E-state index contributed by atoms with van der Waals surface area (Å²) >= 11 is 0. The summed E-state index contributed by atoms with van der Waals surface area (Å²) in [7, 11) is -3.68. The summed E-state index contributed by atoms with van der Waals surface area (Å²) in [5, 5.41) is 3.37. The highest BCUT2D eigenvalue weighted by Crippen LogP contribution is 2.50. The van der Waals surface area contributed by atoms with Gasteiger partial charge < -0.3 is 10.1 Å². The van der Waals surface area contributed by atoms with E-state index in [1.165, 1.54) is 27.7 Å². The predicted octanol–water partition coefficient (Wildman–Crippen LogP) is 5.12. The van der Waals surface area contributed by atoms with E-state index in [2.05, 4.69) is 30.0 Å². The molecule has 0 aromatic carbocycles. The van der Waals surface area contributed by atoms with Gasteiger partial charge >= 0.3 is 6.09 Å². The van der Waals surface area contributed by atoms with Crippen LogP contribution in [0.5, 0.6) is 0 Å². The molecular weight excluding hydrogens is 580 g/mol. The monoisotopic (exact) mass is 612 g/mol. The third kappa shape index (κ3) is 5.70. The molecule has 4 heterocycles. The zero-order valence-corrected chi connectivity index (χ0v) is 25.0. The van der Waals surface area contributed by atoms with Crippen molar-refractivity contribution < 1.29 is 36.1 Å². The number of nitrogens with zero attached hydrogens (tertiary/aromatic N) is 4. The number of aromatic nitrogens is 2. The second-order valence-corrected chi connectivity index (χ2v) is 14.9. The Hall–Kier alpha value is -3.62. The lowest BCUT2D eigenvalue weighted by Gasteiger charge is -2.49. The lowest BCUT2D eigenvalue weighted by atomic mass is 9.88. The average molecular weight is 613 g/mol. The summed E-state index contributed by atoms with van der Waals surface area (Å²) in [6.07, 6.45) is -1.04. The van der Waals surface area contributed by atoms with Crippen molar-refractivity contribution in [3.05, 3.63) is 53.0 Å². The highest BCUT2D eigenvalue weighted by atomic mass is 32.2. The second-order valence-electron chi connectivity index (χ2n) is 11.9. The number of aliphatic imine (C=N–C) groups is 1. The van der Waals surface area contributed by atoms with Gasteiger partial charge in [-0.05, 0) is 72.2 Å². The Morgan fingerprint density at radius 3 is 2.40 bits per heavy atom. The van der Waals surface area contributed by atoms with Crippen molar-refractivity contribution >= 4 is 33.4 Å². The number of hydrogen-bond donors (Lipinski definition) is 2. The minimum absolute atomic E-state index is 0.120. The number of anilines is 1. The SMILES string of the molecule is Cc1cc(F)cnc1C(=O)Nc1ccc(F)c([C@@]2(C)N=C(NC(=O)OC(C)(C)C)C(C)(C)[S@@]3(=O)=NCC(F)(F)C[C@H]23)n1. The van der Waals surface area contributed by atoms with E-state index in [4.69, 9.17) is 4.74 Å². The van der Waals surface area contributed by atoms with Gasteiger partial charge in [-0.15, -0.1) is 0 Å². The van der Waals surface area contributed by atoms with E-state index in [1.807, 2.05) is 0 Å². The highest BCUT2D eigenvalue weighted by molar-refractivity contribution is 7.96. The maximum atomic E-state index is 15.5. The van der Waals surface area contributed by atoms with Gasteiger partial charge in [-0.3, -0.25) is 15.1 Å². The quantitative estimate of drug-likeness (QED) is 0.462. The molecule has 228 valence electrons. The van der Waals surface area contributed by atoms with Crippen LogP contribution in [-0.4, -0.2) is 60.1 Å². The van der Waals surface area contributed by atoms with Gasteiger partial charge in [0, 0.05) is 6.42 Å². The second kappa shape index (κ2) is 10.3. The van der Waals surface area contributed by atoms with E-state index < -0.39 is 79.1 Å². The average Bonchev–Trinajstić information content (AvgIpc) is 2.84. The van der Waals surface area contributed by atoms with Crippen molar-refractivity contribution in [2.45, 2.75) is 81.9 Å². The van der Waals surface area contributed by atoms with Crippen LogP contribution >= 0.6 is 0 Å². The van der Waals surface area contributed by atoms with E-state index in [9.17, 15) is 27.0 Å². The molecule has 0 saturated carbocycles. The first-order chi connectivity index (χ1) is 19.2. The molecule has 0 spiro atoms.